The van der Waals surface area contributed by atoms with Crippen molar-refractivity contribution in [3.8, 4) is 22.9 Å². The molecule has 1 amide bonds. The molecule has 1 aliphatic rings. The average molecular weight is 422 g/mol. The van der Waals surface area contributed by atoms with E-state index in [1.807, 2.05) is 35.2 Å². The molecule has 0 saturated carbocycles. The van der Waals surface area contributed by atoms with Crippen LogP contribution < -0.4 is 9.47 Å². The Labute approximate surface area is 181 Å². The van der Waals surface area contributed by atoms with Gasteiger partial charge in [-0.25, -0.2) is 0 Å². The lowest BCUT2D eigenvalue weighted by molar-refractivity contribution is -0.132. The lowest BCUT2D eigenvalue weighted by Crippen LogP contribution is -2.42. The second-order valence-corrected chi connectivity index (χ2v) is 7.62. The van der Waals surface area contributed by atoms with Crippen LogP contribution in [-0.4, -0.2) is 63.3 Å². The maximum Gasteiger partial charge on any atom is 0.227 e. The maximum absolute atomic E-state index is 12.9. The van der Waals surface area contributed by atoms with Gasteiger partial charge < -0.3 is 14.4 Å². The van der Waals surface area contributed by atoms with Gasteiger partial charge in [0, 0.05) is 31.0 Å². The van der Waals surface area contributed by atoms with Gasteiger partial charge >= 0.3 is 0 Å². The molecule has 9 heteroatoms. The van der Waals surface area contributed by atoms with Crippen LogP contribution in [0.1, 0.15) is 18.4 Å². The molecule has 1 saturated heterocycles. The highest BCUT2D eigenvalue weighted by molar-refractivity contribution is 5.79. The Morgan fingerprint density at radius 3 is 2.71 bits per heavy atom. The van der Waals surface area contributed by atoms with Crippen LogP contribution in [-0.2, 0) is 17.8 Å². The number of carbonyl (C=O) groups excluding carboxylic acids is 1. The first-order valence-electron chi connectivity index (χ1n) is 10.3. The van der Waals surface area contributed by atoms with Crippen LogP contribution in [0.3, 0.4) is 0 Å². The number of likely N-dealkylation sites (tertiary alicyclic amines) is 1. The summed E-state index contributed by atoms with van der Waals surface area (Å²) in [6.45, 7) is 2.10. The molecule has 0 aliphatic carbocycles. The topological polar surface area (TPSA) is 95.3 Å². The minimum atomic E-state index is 0.112. The lowest BCUT2D eigenvalue weighted by Gasteiger charge is -2.32. The number of piperidine rings is 1. The number of amides is 1. The highest BCUT2D eigenvalue weighted by Crippen LogP contribution is 2.28. The quantitative estimate of drug-likeness (QED) is 0.576. The molecule has 9 nitrogen and oxygen atoms in total. The van der Waals surface area contributed by atoms with Crippen LogP contribution in [0.25, 0.3) is 11.4 Å². The number of carbonyl (C=O) groups is 1. The maximum atomic E-state index is 12.9. The van der Waals surface area contributed by atoms with Crippen molar-refractivity contribution in [2.45, 2.75) is 25.8 Å². The van der Waals surface area contributed by atoms with Gasteiger partial charge in [0.25, 0.3) is 0 Å². The molecule has 3 heterocycles. The highest BCUT2D eigenvalue weighted by Gasteiger charge is 2.25. The molecular weight excluding hydrogens is 396 g/mol. The Morgan fingerprint density at radius 2 is 1.94 bits per heavy atom. The molecule has 31 heavy (non-hydrogen) atoms. The molecule has 0 N–H and O–H groups in total. The summed E-state index contributed by atoms with van der Waals surface area (Å²) in [6.07, 6.45) is 5.75. The minimum Gasteiger partial charge on any atom is -0.493 e. The van der Waals surface area contributed by atoms with E-state index >= 15 is 0 Å². The third-order valence-electron chi connectivity index (χ3n) is 5.49. The summed E-state index contributed by atoms with van der Waals surface area (Å²) >= 11 is 0. The second-order valence-electron chi connectivity index (χ2n) is 7.62. The minimum absolute atomic E-state index is 0.112. The Kier molecular flexibility index (Phi) is 6.40. The van der Waals surface area contributed by atoms with E-state index in [1.54, 1.807) is 31.4 Å². The molecule has 0 unspecified atom stereocenters. The van der Waals surface area contributed by atoms with Gasteiger partial charge in [0.05, 0.1) is 27.2 Å². The van der Waals surface area contributed by atoms with Crippen LogP contribution in [0.15, 0.2) is 42.7 Å². The summed E-state index contributed by atoms with van der Waals surface area (Å²) in [5, 5.41) is 12.8. The number of benzene rings is 1. The van der Waals surface area contributed by atoms with Crippen LogP contribution in [0.2, 0.25) is 0 Å². The summed E-state index contributed by atoms with van der Waals surface area (Å²) in [4.78, 5) is 20.5. The molecule has 1 atom stereocenters. The number of aromatic nitrogens is 5. The van der Waals surface area contributed by atoms with Gasteiger partial charge in [0.1, 0.15) is 0 Å². The van der Waals surface area contributed by atoms with Gasteiger partial charge in [0.15, 0.2) is 11.5 Å². The summed E-state index contributed by atoms with van der Waals surface area (Å²) < 4.78 is 10.6. The molecule has 4 rings (SSSR count). The van der Waals surface area contributed by atoms with Crippen molar-refractivity contribution in [1.29, 1.82) is 0 Å². The van der Waals surface area contributed by atoms with E-state index in [0.717, 1.165) is 30.5 Å². The molecule has 0 radical (unpaired) electrons. The zero-order valence-corrected chi connectivity index (χ0v) is 17.8. The number of hydrogen-bond acceptors (Lipinski definition) is 7. The number of pyridine rings is 1. The van der Waals surface area contributed by atoms with Crippen molar-refractivity contribution in [1.82, 2.24) is 30.1 Å². The summed E-state index contributed by atoms with van der Waals surface area (Å²) in [5.74, 6) is 2.28. The van der Waals surface area contributed by atoms with Crippen LogP contribution in [0.5, 0.6) is 11.5 Å². The SMILES string of the molecule is COc1ccc(CC(=O)N2CCC[C@@H](Cn3nnc(-c4ccncc4)n3)C2)cc1OC. The molecular formula is C22H26N6O3. The Balaban J connectivity index is 1.36. The predicted octanol–water partition coefficient (Wildman–Crippen LogP) is 2.23. The van der Waals surface area contributed by atoms with Crippen molar-refractivity contribution >= 4 is 5.91 Å². The summed E-state index contributed by atoms with van der Waals surface area (Å²) in [7, 11) is 3.19. The molecule has 0 spiro atoms. The van der Waals surface area contributed by atoms with E-state index < -0.39 is 0 Å². The molecule has 1 aromatic carbocycles. The third kappa shape index (κ3) is 4.99. The van der Waals surface area contributed by atoms with Crippen molar-refractivity contribution in [3.63, 3.8) is 0 Å². The van der Waals surface area contributed by atoms with E-state index in [1.165, 1.54) is 0 Å². The van der Waals surface area contributed by atoms with Gasteiger partial charge in [0.2, 0.25) is 11.7 Å². The molecule has 0 bridgehead atoms. The smallest absolute Gasteiger partial charge is 0.227 e. The number of nitrogens with zero attached hydrogens (tertiary/aromatic N) is 6. The fourth-order valence-corrected chi connectivity index (χ4v) is 3.89. The standard InChI is InChI=1S/C22H26N6O3/c1-30-19-6-5-16(12-20(19)31-2)13-21(29)27-11-3-4-17(14-27)15-28-25-22(24-26-28)18-7-9-23-10-8-18/h5-10,12,17H,3-4,11,13-15H2,1-2H3/t17-/m1/s1. The Morgan fingerprint density at radius 1 is 1.13 bits per heavy atom. The van der Waals surface area contributed by atoms with Crippen molar-refractivity contribution in [2.75, 3.05) is 27.3 Å². The van der Waals surface area contributed by atoms with Gasteiger partial charge in [-0.05, 0) is 53.8 Å². The van der Waals surface area contributed by atoms with E-state index in [-0.39, 0.29) is 5.91 Å². The molecule has 1 fully saturated rings. The van der Waals surface area contributed by atoms with Crippen molar-refractivity contribution in [2.24, 2.45) is 5.92 Å². The number of ether oxygens (including phenoxy) is 2. The lowest BCUT2D eigenvalue weighted by atomic mass is 9.97. The van der Waals surface area contributed by atoms with Crippen LogP contribution >= 0.6 is 0 Å². The average Bonchev–Trinajstić information content (AvgIpc) is 3.28. The van der Waals surface area contributed by atoms with Crippen LogP contribution in [0, 0.1) is 5.92 Å². The first kappa shape index (κ1) is 20.8. The fraction of sp³-hybridized carbons (Fsp3) is 0.409. The van der Waals surface area contributed by atoms with Gasteiger partial charge in [-0.15, -0.1) is 10.2 Å². The Hall–Kier alpha value is -3.49. The first-order valence-corrected chi connectivity index (χ1v) is 10.3. The number of rotatable bonds is 7. The van der Waals surface area contributed by atoms with Gasteiger partial charge in [-0.1, -0.05) is 6.07 Å². The van der Waals surface area contributed by atoms with Crippen LogP contribution in [0.4, 0.5) is 0 Å². The first-order chi connectivity index (χ1) is 15.2. The molecule has 3 aromatic rings. The monoisotopic (exact) mass is 422 g/mol. The Bertz CT molecular complexity index is 1020. The van der Waals surface area contributed by atoms with E-state index in [2.05, 4.69) is 20.4 Å². The normalized spacial score (nSPS) is 16.2. The molecule has 2 aromatic heterocycles. The third-order valence-corrected chi connectivity index (χ3v) is 5.49. The number of tetrazole rings is 1. The highest BCUT2D eigenvalue weighted by atomic mass is 16.5. The molecule has 162 valence electrons. The predicted molar refractivity (Wildman–Crippen MR) is 114 cm³/mol. The molecule has 1 aliphatic heterocycles. The van der Waals surface area contributed by atoms with Gasteiger partial charge in [-0.2, -0.15) is 4.80 Å². The largest absolute Gasteiger partial charge is 0.493 e. The summed E-state index contributed by atoms with van der Waals surface area (Å²) in [6, 6.07) is 9.31. The van der Waals surface area contributed by atoms with Gasteiger partial charge in [-0.3, -0.25) is 9.78 Å². The van der Waals surface area contributed by atoms with E-state index in [0.29, 0.717) is 42.8 Å². The second kappa shape index (κ2) is 9.55. The summed E-state index contributed by atoms with van der Waals surface area (Å²) in [5.41, 5.74) is 1.79. The zero-order valence-electron chi connectivity index (χ0n) is 17.8. The van der Waals surface area contributed by atoms with E-state index in [9.17, 15) is 4.79 Å². The van der Waals surface area contributed by atoms with Crippen molar-refractivity contribution < 1.29 is 14.3 Å². The van der Waals surface area contributed by atoms with E-state index in [4.69, 9.17) is 9.47 Å². The number of hydrogen-bond donors (Lipinski definition) is 0. The fourth-order valence-electron chi connectivity index (χ4n) is 3.89. The number of methoxy groups -OCH3 is 2. The zero-order chi connectivity index (χ0) is 21.6. The van der Waals surface area contributed by atoms with Crippen molar-refractivity contribution in [3.05, 3.63) is 48.3 Å².